The van der Waals surface area contributed by atoms with Crippen molar-refractivity contribution in [3.05, 3.63) is 35.4 Å². The minimum absolute atomic E-state index is 0.883. The molecule has 0 N–H and O–H groups in total. The zero-order chi connectivity index (χ0) is 8.81. The predicted octanol–water partition coefficient (Wildman–Crippen LogP) is 2.95. The van der Waals surface area contributed by atoms with Gasteiger partial charge in [0.1, 0.15) is 0 Å². The number of benzene rings is 1. The molecule has 0 saturated heterocycles. The van der Waals surface area contributed by atoms with E-state index in [1.807, 2.05) is 0 Å². The third-order valence-corrected chi connectivity index (χ3v) is 2.03. The zero-order valence-electron chi connectivity index (χ0n) is 7.51. The Morgan fingerprint density at radius 1 is 1.33 bits per heavy atom. The lowest BCUT2D eigenvalue weighted by Crippen LogP contribution is -1.88. The molecule has 0 atom stereocenters. The van der Waals surface area contributed by atoms with Gasteiger partial charge in [0.15, 0.2) is 0 Å². The highest BCUT2D eigenvalue weighted by Crippen LogP contribution is 2.09. The lowest BCUT2D eigenvalue weighted by molar-refractivity contribution is 0.852. The van der Waals surface area contributed by atoms with E-state index in [0.29, 0.717) is 0 Å². The fourth-order valence-corrected chi connectivity index (χ4v) is 1.27. The van der Waals surface area contributed by atoms with Crippen molar-refractivity contribution in [3.63, 3.8) is 0 Å². The first-order chi connectivity index (χ1) is 5.84. The van der Waals surface area contributed by atoms with E-state index < -0.39 is 0 Å². The van der Waals surface area contributed by atoms with Crippen molar-refractivity contribution in [1.82, 2.24) is 0 Å². The highest BCUT2D eigenvalue weighted by atomic mass is 14.0. The molecule has 0 aliphatic rings. The Balaban J connectivity index is 2.53. The Morgan fingerprint density at radius 2 is 2.08 bits per heavy atom. The maximum absolute atomic E-state index is 5.18. The third-order valence-electron chi connectivity index (χ3n) is 2.03. The molecule has 0 bridgehead atoms. The van der Waals surface area contributed by atoms with E-state index in [1.165, 1.54) is 11.1 Å². The Bertz CT molecular complexity index is 278. The maximum Gasteiger partial charge on any atom is 0.00892 e. The molecule has 0 radical (unpaired) electrons. The van der Waals surface area contributed by atoms with Gasteiger partial charge < -0.3 is 0 Å². The molecule has 0 nitrogen and oxygen atoms in total. The van der Waals surface area contributed by atoms with Crippen LogP contribution >= 0.6 is 0 Å². The monoisotopic (exact) mass is 158 g/mol. The molecule has 1 aromatic carbocycles. The zero-order valence-corrected chi connectivity index (χ0v) is 7.51. The normalized spacial score (nSPS) is 9.33. The lowest BCUT2D eigenvalue weighted by Gasteiger charge is -2.02. The van der Waals surface area contributed by atoms with Gasteiger partial charge in [-0.3, -0.25) is 0 Å². The Morgan fingerprint density at radius 3 is 2.75 bits per heavy atom. The van der Waals surface area contributed by atoms with Crippen LogP contribution in [0.5, 0.6) is 0 Å². The summed E-state index contributed by atoms with van der Waals surface area (Å²) >= 11 is 0. The number of hydrogen-bond donors (Lipinski definition) is 0. The van der Waals surface area contributed by atoms with Gasteiger partial charge in [-0.25, -0.2) is 0 Å². The largest absolute Gasteiger partial charge is 0.120 e. The SMILES string of the molecule is C#CCCCc1ccccc1C. The number of aryl methyl sites for hydroxylation is 2. The summed E-state index contributed by atoms with van der Waals surface area (Å²) in [6.45, 7) is 2.14. The molecule has 0 unspecified atom stereocenters. The summed E-state index contributed by atoms with van der Waals surface area (Å²) in [5.74, 6) is 2.66. The van der Waals surface area contributed by atoms with Crippen LogP contribution in [0, 0.1) is 19.3 Å². The van der Waals surface area contributed by atoms with E-state index in [9.17, 15) is 0 Å². The molecule has 0 aromatic heterocycles. The van der Waals surface area contributed by atoms with Crippen molar-refractivity contribution >= 4 is 0 Å². The molecule has 0 spiro atoms. The number of unbranched alkanes of at least 4 members (excludes halogenated alkanes) is 1. The second-order valence-electron chi connectivity index (χ2n) is 2.98. The van der Waals surface area contributed by atoms with Gasteiger partial charge >= 0.3 is 0 Å². The van der Waals surface area contributed by atoms with Crippen molar-refractivity contribution in [2.24, 2.45) is 0 Å². The first-order valence-corrected chi connectivity index (χ1v) is 4.32. The fourth-order valence-electron chi connectivity index (χ4n) is 1.27. The van der Waals surface area contributed by atoms with E-state index in [1.54, 1.807) is 0 Å². The molecule has 12 heavy (non-hydrogen) atoms. The fraction of sp³-hybridized carbons (Fsp3) is 0.333. The number of rotatable bonds is 3. The van der Waals surface area contributed by atoms with E-state index in [4.69, 9.17) is 6.42 Å². The molecule has 0 amide bonds. The first-order valence-electron chi connectivity index (χ1n) is 4.32. The standard InChI is InChI=1S/C12H14/c1-3-4-5-9-12-10-7-6-8-11(12)2/h1,6-8,10H,4-5,9H2,2H3. The Kier molecular flexibility index (Phi) is 3.41. The van der Waals surface area contributed by atoms with Gasteiger partial charge in [-0.1, -0.05) is 24.3 Å². The van der Waals surface area contributed by atoms with E-state index in [2.05, 4.69) is 37.1 Å². The van der Waals surface area contributed by atoms with Crippen LogP contribution in [0.25, 0.3) is 0 Å². The van der Waals surface area contributed by atoms with Crippen LogP contribution in [0.4, 0.5) is 0 Å². The third kappa shape index (κ3) is 2.43. The molecule has 62 valence electrons. The van der Waals surface area contributed by atoms with Crippen LogP contribution in [-0.2, 0) is 6.42 Å². The van der Waals surface area contributed by atoms with Crippen molar-refractivity contribution in [3.8, 4) is 12.3 Å². The molecule has 1 aromatic rings. The Labute approximate surface area is 74.6 Å². The van der Waals surface area contributed by atoms with Crippen LogP contribution in [0.2, 0.25) is 0 Å². The van der Waals surface area contributed by atoms with Gasteiger partial charge in [0, 0.05) is 6.42 Å². The van der Waals surface area contributed by atoms with Gasteiger partial charge in [0.05, 0.1) is 0 Å². The van der Waals surface area contributed by atoms with Crippen molar-refractivity contribution in [2.45, 2.75) is 26.2 Å². The van der Waals surface area contributed by atoms with Crippen LogP contribution in [0.1, 0.15) is 24.0 Å². The smallest absolute Gasteiger partial charge is 0.00892 e. The van der Waals surface area contributed by atoms with Crippen molar-refractivity contribution < 1.29 is 0 Å². The summed E-state index contributed by atoms with van der Waals surface area (Å²) in [5.41, 5.74) is 2.79. The van der Waals surface area contributed by atoms with Gasteiger partial charge in [0.2, 0.25) is 0 Å². The summed E-state index contributed by atoms with van der Waals surface area (Å²) in [5, 5.41) is 0. The van der Waals surface area contributed by atoms with Crippen LogP contribution in [0.3, 0.4) is 0 Å². The Hall–Kier alpha value is -1.22. The van der Waals surface area contributed by atoms with Crippen LogP contribution in [0.15, 0.2) is 24.3 Å². The lowest BCUT2D eigenvalue weighted by atomic mass is 10.0. The van der Waals surface area contributed by atoms with Gasteiger partial charge in [0.25, 0.3) is 0 Å². The number of terminal acetylenes is 1. The molecule has 0 fully saturated rings. The van der Waals surface area contributed by atoms with Crippen LogP contribution in [-0.4, -0.2) is 0 Å². The van der Waals surface area contributed by atoms with E-state index in [-0.39, 0.29) is 0 Å². The molecular formula is C12H14. The number of hydrogen-bond acceptors (Lipinski definition) is 0. The topological polar surface area (TPSA) is 0 Å². The highest BCUT2D eigenvalue weighted by molar-refractivity contribution is 5.25. The summed E-state index contributed by atoms with van der Waals surface area (Å²) in [7, 11) is 0. The van der Waals surface area contributed by atoms with Gasteiger partial charge in [-0.2, -0.15) is 0 Å². The predicted molar refractivity (Wildman–Crippen MR) is 53.0 cm³/mol. The summed E-state index contributed by atoms with van der Waals surface area (Å²) in [6, 6.07) is 8.47. The summed E-state index contributed by atoms with van der Waals surface area (Å²) in [6.07, 6.45) is 8.27. The van der Waals surface area contributed by atoms with Crippen molar-refractivity contribution in [1.29, 1.82) is 0 Å². The summed E-state index contributed by atoms with van der Waals surface area (Å²) in [4.78, 5) is 0. The molecule has 1 rings (SSSR count). The summed E-state index contributed by atoms with van der Waals surface area (Å²) < 4.78 is 0. The minimum atomic E-state index is 0.883. The average molecular weight is 158 g/mol. The van der Waals surface area contributed by atoms with E-state index >= 15 is 0 Å². The molecule has 0 heteroatoms. The molecular weight excluding hydrogens is 144 g/mol. The van der Waals surface area contributed by atoms with Gasteiger partial charge in [-0.15, -0.1) is 12.3 Å². The van der Waals surface area contributed by atoms with Crippen LogP contribution < -0.4 is 0 Å². The highest BCUT2D eigenvalue weighted by Gasteiger charge is 1.94. The maximum atomic E-state index is 5.18. The average Bonchev–Trinajstić information content (AvgIpc) is 2.09. The molecule has 0 saturated carbocycles. The first kappa shape index (κ1) is 8.87. The second-order valence-corrected chi connectivity index (χ2v) is 2.98. The second kappa shape index (κ2) is 4.62. The van der Waals surface area contributed by atoms with Crippen molar-refractivity contribution in [2.75, 3.05) is 0 Å². The molecule has 0 aliphatic carbocycles. The quantitative estimate of drug-likeness (QED) is 0.468. The van der Waals surface area contributed by atoms with Gasteiger partial charge in [-0.05, 0) is 30.9 Å². The molecule has 0 heterocycles. The molecule has 0 aliphatic heterocycles. The van der Waals surface area contributed by atoms with E-state index in [0.717, 1.165) is 19.3 Å². The minimum Gasteiger partial charge on any atom is -0.120 e.